The smallest absolute Gasteiger partial charge is 0.188 e. The van der Waals surface area contributed by atoms with Crippen molar-refractivity contribution in [3.8, 4) is 39.8 Å². The summed E-state index contributed by atoms with van der Waals surface area (Å²) < 4.78 is 17.3. The lowest BCUT2D eigenvalue weighted by molar-refractivity contribution is 0.435. The number of aromatic nitrogens is 1. The van der Waals surface area contributed by atoms with Crippen LogP contribution in [0.5, 0.6) is 23.0 Å². The summed E-state index contributed by atoms with van der Waals surface area (Å²) in [5.74, 6) is 3.38. The summed E-state index contributed by atoms with van der Waals surface area (Å²) in [4.78, 5) is 0. The quantitative estimate of drug-likeness (QED) is 0.156. The van der Waals surface area contributed by atoms with Crippen LogP contribution in [0.1, 0.15) is 22.3 Å². The fourth-order valence-electron chi connectivity index (χ4n) is 11.3. The van der Waals surface area contributed by atoms with Crippen molar-refractivity contribution in [2.24, 2.45) is 0 Å². The van der Waals surface area contributed by atoms with Crippen molar-refractivity contribution in [3.63, 3.8) is 0 Å². The van der Waals surface area contributed by atoms with E-state index in [-0.39, 0.29) is 0 Å². The molecule has 1 aromatic heterocycles. The van der Waals surface area contributed by atoms with Gasteiger partial charge in [-0.05, 0) is 68.3 Å². The third-order valence-electron chi connectivity index (χ3n) is 13.9. The van der Waals surface area contributed by atoms with Crippen LogP contribution in [0.4, 0.5) is 0 Å². The van der Waals surface area contributed by atoms with Crippen LogP contribution >= 0.6 is 0 Å². The van der Waals surface area contributed by atoms with Gasteiger partial charge in [-0.25, -0.2) is 0 Å². The summed E-state index contributed by atoms with van der Waals surface area (Å²) in [5, 5.41) is 7.43. The van der Waals surface area contributed by atoms with Crippen molar-refractivity contribution in [2.75, 3.05) is 0 Å². The SMILES string of the molecule is c1ccc(C2(c3ccccc3)c3ccccc3Oc3c(-c4cc(-n5c6ccccc6c6ccccc65)cc5c4Oc4ccccc4[Si]5(c4ccccc4)c4ccccc4)cccc32)cc1. The van der Waals surface area contributed by atoms with E-state index in [1.165, 1.54) is 42.6 Å². The fraction of sp³-hybridized carbons (Fsp3) is 0.0164. The molecule has 0 radical (unpaired) electrons. The zero-order valence-corrected chi connectivity index (χ0v) is 36.4. The van der Waals surface area contributed by atoms with Crippen LogP contribution in [-0.4, -0.2) is 12.6 Å². The lowest BCUT2D eigenvalue weighted by atomic mass is 9.63. The van der Waals surface area contributed by atoms with E-state index in [9.17, 15) is 0 Å². The van der Waals surface area contributed by atoms with Gasteiger partial charge in [-0.15, -0.1) is 0 Å². The summed E-state index contributed by atoms with van der Waals surface area (Å²) in [5.41, 5.74) is 9.14. The molecule has 0 saturated heterocycles. The van der Waals surface area contributed by atoms with Gasteiger partial charge < -0.3 is 14.0 Å². The second kappa shape index (κ2) is 14.7. The Bertz CT molecular complexity index is 3470. The maximum atomic E-state index is 7.46. The molecule has 0 unspecified atom stereocenters. The van der Waals surface area contributed by atoms with Crippen molar-refractivity contribution >= 4 is 50.6 Å². The van der Waals surface area contributed by atoms with Gasteiger partial charge in [-0.2, -0.15) is 0 Å². The highest BCUT2D eigenvalue weighted by Crippen LogP contribution is 2.58. The molecule has 0 fully saturated rings. The van der Waals surface area contributed by atoms with Crippen molar-refractivity contribution in [3.05, 3.63) is 271 Å². The number of rotatable bonds is 6. The topological polar surface area (TPSA) is 23.4 Å². The van der Waals surface area contributed by atoms with Gasteiger partial charge in [-0.3, -0.25) is 0 Å². The minimum absolute atomic E-state index is 0.687. The Hall–Kier alpha value is -8.18. The number of ether oxygens (including phenoxy) is 2. The van der Waals surface area contributed by atoms with Gasteiger partial charge in [0, 0.05) is 38.7 Å². The molecule has 0 amide bonds. The molecule has 3 nitrogen and oxygen atoms in total. The molecule has 0 spiro atoms. The summed E-state index contributed by atoms with van der Waals surface area (Å²) in [6.07, 6.45) is 0. The number of benzene rings is 10. The van der Waals surface area contributed by atoms with Crippen molar-refractivity contribution in [1.82, 2.24) is 4.57 Å². The second-order valence-electron chi connectivity index (χ2n) is 17.1. The Labute approximate surface area is 379 Å². The third-order valence-corrected chi connectivity index (χ3v) is 18.7. The number of fused-ring (bicyclic) bond motifs is 7. The molecule has 4 heteroatoms. The van der Waals surface area contributed by atoms with Crippen LogP contribution in [-0.2, 0) is 5.41 Å². The zero-order valence-electron chi connectivity index (χ0n) is 35.4. The Kier molecular flexibility index (Phi) is 8.45. The van der Waals surface area contributed by atoms with Gasteiger partial charge in [0.15, 0.2) is 8.07 Å². The molecule has 11 aromatic rings. The highest BCUT2D eigenvalue weighted by Gasteiger charge is 2.50. The summed E-state index contributed by atoms with van der Waals surface area (Å²) in [7, 11) is -3.13. The van der Waals surface area contributed by atoms with Crippen molar-refractivity contribution in [1.29, 1.82) is 0 Å². The lowest BCUT2D eigenvalue weighted by Gasteiger charge is -2.43. The number of para-hydroxylation sites is 5. The molecule has 13 rings (SSSR count). The Balaban J connectivity index is 1.21. The average Bonchev–Trinajstić information content (AvgIpc) is 3.72. The van der Waals surface area contributed by atoms with Crippen LogP contribution in [0.3, 0.4) is 0 Å². The first-order chi connectivity index (χ1) is 32.3. The normalized spacial score (nSPS) is 14.0. The van der Waals surface area contributed by atoms with E-state index < -0.39 is 13.5 Å². The molecule has 306 valence electrons. The van der Waals surface area contributed by atoms with Crippen LogP contribution in [0, 0.1) is 0 Å². The molecule has 0 aliphatic carbocycles. The average molecular weight is 848 g/mol. The van der Waals surface area contributed by atoms with Crippen LogP contribution < -0.4 is 30.2 Å². The van der Waals surface area contributed by atoms with Gasteiger partial charge in [0.2, 0.25) is 0 Å². The standard InChI is InChI=1S/C61H41NO2Si/c1-5-22-42(23-6-1)61(43-24-7-2-8-25-43)51-33-15-18-37-55(51)63-59-49(32-21-34-52(59)61)50-40-44(62-53-35-16-13-30-47(53)48-31-14-17-36-54(48)62)41-58-60(50)64-56-38-19-20-39-57(56)65(58,45-26-9-3-10-27-45)46-28-11-4-12-29-46/h1-41H. The molecule has 0 atom stereocenters. The van der Waals surface area contributed by atoms with Crippen molar-refractivity contribution in [2.45, 2.75) is 5.41 Å². The Morgan fingerprint density at radius 3 is 1.48 bits per heavy atom. The predicted octanol–water partition coefficient (Wildman–Crippen LogP) is 12.4. The largest absolute Gasteiger partial charge is 0.457 e. The van der Waals surface area contributed by atoms with E-state index in [0.717, 1.165) is 62.0 Å². The van der Waals surface area contributed by atoms with E-state index in [2.05, 4.69) is 253 Å². The van der Waals surface area contributed by atoms with Crippen LogP contribution in [0.2, 0.25) is 0 Å². The van der Waals surface area contributed by atoms with Gasteiger partial charge in [0.05, 0.1) is 16.4 Å². The van der Waals surface area contributed by atoms with Gasteiger partial charge in [0.25, 0.3) is 0 Å². The Morgan fingerprint density at radius 1 is 0.354 bits per heavy atom. The second-order valence-corrected chi connectivity index (χ2v) is 20.8. The highest BCUT2D eigenvalue weighted by molar-refractivity contribution is 7.20. The Morgan fingerprint density at radius 2 is 0.846 bits per heavy atom. The maximum absolute atomic E-state index is 7.46. The molecular formula is C61H41NO2Si. The molecule has 2 aliphatic heterocycles. The molecule has 3 heterocycles. The van der Waals surface area contributed by atoms with E-state index in [4.69, 9.17) is 9.47 Å². The van der Waals surface area contributed by atoms with Gasteiger partial charge >= 0.3 is 0 Å². The van der Waals surface area contributed by atoms with E-state index in [1.54, 1.807) is 0 Å². The van der Waals surface area contributed by atoms with Crippen LogP contribution in [0.25, 0.3) is 38.6 Å². The first kappa shape index (κ1) is 37.4. The molecule has 10 aromatic carbocycles. The minimum Gasteiger partial charge on any atom is -0.457 e. The number of hydrogen-bond acceptors (Lipinski definition) is 2. The van der Waals surface area contributed by atoms with E-state index >= 15 is 0 Å². The van der Waals surface area contributed by atoms with Crippen molar-refractivity contribution < 1.29 is 9.47 Å². The molecule has 2 aliphatic rings. The predicted molar refractivity (Wildman–Crippen MR) is 268 cm³/mol. The molecular weight excluding hydrogens is 807 g/mol. The monoisotopic (exact) mass is 847 g/mol. The molecule has 0 saturated carbocycles. The van der Waals surface area contributed by atoms with Gasteiger partial charge in [0.1, 0.15) is 23.0 Å². The third kappa shape index (κ3) is 5.35. The maximum Gasteiger partial charge on any atom is 0.188 e. The highest BCUT2D eigenvalue weighted by atomic mass is 28.3. The fourth-order valence-corrected chi connectivity index (χ4v) is 16.3. The van der Waals surface area contributed by atoms with E-state index in [0.29, 0.717) is 0 Å². The molecule has 65 heavy (non-hydrogen) atoms. The summed E-state index contributed by atoms with van der Waals surface area (Å²) >= 11 is 0. The molecule has 0 N–H and O–H groups in total. The zero-order chi connectivity index (χ0) is 43.0. The molecule has 0 bridgehead atoms. The minimum atomic E-state index is -3.13. The van der Waals surface area contributed by atoms with Crippen LogP contribution in [0.15, 0.2) is 249 Å². The lowest BCUT2D eigenvalue weighted by Crippen LogP contribution is -2.76. The van der Waals surface area contributed by atoms with E-state index in [1.807, 2.05) is 0 Å². The summed E-state index contributed by atoms with van der Waals surface area (Å²) in [6, 6.07) is 90.5. The number of nitrogens with zero attached hydrogens (tertiary/aromatic N) is 1. The first-order valence-electron chi connectivity index (χ1n) is 22.3. The summed E-state index contributed by atoms with van der Waals surface area (Å²) in [6.45, 7) is 0. The van der Waals surface area contributed by atoms with Gasteiger partial charge in [-0.1, -0.05) is 212 Å². The number of hydrogen-bond donors (Lipinski definition) is 0. The first-order valence-corrected chi connectivity index (χ1v) is 24.3.